The third-order valence-electron chi connectivity index (χ3n) is 3.73. The molecule has 0 bridgehead atoms. The van der Waals surface area contributed by atoms with Crippen LogP contribution >= 0.6 is 0 Å². The summed E-state index contributed by atoms with van der Waals surface area (Å²) in [4.78, 5) is 4.44. The zero-order valence-corrected chi connectivity index (χ0v) is 11.8. The fraction of sp³-hybridized carbons (Fsp3) is 0.562. The topological polar surface area (TPSA) is 17.8 Å². The molecule has 0 atom stereocenters. The van der Waals surface area contributed by atoms with Crippen LogP contribution in [0.3, 0.4) is 0 Å². The molecule has 0 spiro atoms. The summed E-state index contributed by atoms with van der Waals surface area (Å²) in [6.07, 6.45) is 7.05. The van der Waals surface area contributed by atoms with Crippen molar-refractivity contribution < 1.29 is 0 Å². The van der Waals surface area contributed by atoms with Gasteiger partial charge in [-0.15, -0.1) is 0 Å². The van der Waals surface area contributed by atoms with Gasteiger partial charge in [-0.05, 0) is 43.4 Å². The number of hydrogen-bond donors (Lipinski definition) is 0. The average Bonchev–Trinajstić information content (AvgIpc) is 2.80. The Morgan fingerprint density at radius 2 is 1.83 bits per heavy atom. The first kappa shape index (κ1) is 13.1. The summed E-state index contributed by atoms with van der Waals surface area (Å²) in [6.45, 7) is 7.71. The molecule has 18 heavy (non-hydrogen) atoms. The second-order valence-corrected chi connectivity index (χ2v) is 5.05. The van der Waals surface area contributed by atoms with E-state index in [0.29, 0.717) is 5.92 Å². The van der Waals surface area contributed by atoms with Crippen LogP contribution in [0.15, 0.2) is 24.5 Å². The van der Waals surface area contributed by atoms with E-state index in [1.54, 1.807) is 0 Å². The highest BCUT2D eigenvalue weighted by Gasteiger charge is 2.11. The third-order valence-corrected chi connectivity index (χ3v) is 3.73. The van der Waals surface area contributed by atoms with Crippen molar-refractivity contribution in [3.8, 4) is 0 Å². The highest BCUT2D eigenvalue weighted by Crippen LogP contribution is 2.28. The number of aryl methyl sites for hydroxylation is 1. The van der Waals surface area contributed by atoms with E-state index in [9.17, 15) is 0 Å². The first-order chi connectivity index (χ1) is 8.80. The van der Waals surface area contributed by atoms with Gasteiger partial charge in [-0.3, -0.25) is 0 Å². The van der Waals surface area contributed by atoms with Crippen LogP contribution in [0.1, 0.15) is 57.9 Å². The van der Waals surface area contributed by atoms with Crippen LogP contribution in [0.5, 0.6) is 0 Å². The van der Waals surface area contributed by atoms with E-state index >= 15 is 0 Å². The molecule has 2 rings (SSSR count). The van der Waals surface area contributed by atoms with E-state index in [-0.39, 0.29) is 0 Å². The molecule has 0 N–H and O–H groups in total. The van der Waals surface area contributed by atoms with Gasteiger partial charge < -0.3 is 4.57 Å². The summed E-state index contributed by atoms with van der Waals surface area (Å²) in [7, 11) is 0. The Morgan fingerprint density at radius 3 is 2.44 bits per heavy atom. The molecule has 0 aliphatic heterocycles. The molecule has 0 fully saturated rings. The summed E-state index contributed by atoms with van der Waals surface area (Å²) in [5.41, 5.74) is 3.89. The molecule has 98 valence electrons. The molecule has 1 aromatic carbocycles. The number of hydrogen-bond acceptors (Lipinski definition) is 1. The van der Waals surface area contributed by atoms with Crippen LogP contribution in [-0.4, -0.2) is 9.55 Å². The number of imidazole rings is 1. The Kier molecular flexibility index (Phi) is 4.40. The third kappa shape index (κ3) is 2.58. The molecule has 2 nitrogen and oxygen atoms in total. The molecule has 0 aliphatic carbocycles. The molecule has 0 unspecified atom stereocenters. The zero-order chi connectivity index (χ0) is 13.0. The predicted molar refractivity (Wildman–Crippen MR) is 78.0 cm³/mol. The van der Waals surface area contributed by atoms with Gasteiger partial charge in [0, 0.05) is 6.54 Å². The Bertz CT molecular complexity index is 493. The Morgan fingerprint density at radius 1 is 1.11 bits per heavy atom. The van der Waals surface area contributed by atoms with Crippen molar-refractivity contribution >= 4 is 11.0 Å². The second kappa shape index (κ2) is 6.03. The second-order valence-electron chi connectivity index (χ2n) is 5.05. The van der Waals surface area contributed by atoms with Crippen molar-refractivity contribution in [3.63, 3.8) is 0 Å². The van der Waals surface area contributed by atoms with Gasteiger partial charge in [0.1, 0.15) is 0 Å². The molecule has 1 aromatic heterocycles. The van der Waals surface area contributed by atoms with E-state index < -0.39 is 0 Å². The monoisotopic (exact) mass is 244 g/mol. The van der Waals surface area contributed by atoms with Crippen molar-refractivity contribution in [2.24, 2.45) is 0 Å². The first-order valence-electron chi connectivity index (χ1n) is 7.24. The molecule has 1 heterocycles. The van der Waals surface area contributed by atoms with E-state index in [2.05, 4.69) is 48.5 Å². The number of fused-ring (bicyclic) bond motifs is 1. The molecule has 2 aromatic rings. The summed E-state index contributed by atoms with van der Waals surface area (Å²) in [5, 5.41) is 0. The maximum atomic E-state index is 4.44. The van der Waals surface area contributed by atoms with Gasteiger partial charge in [0.2, 0.25) is 0 Å². The molecule has 0 amide bonds. The molecular weight excluding hydrogens is 220 g/mol. The lowest BCUT2D eigenvalue weighted by Gasteiger charge is -2.16. The van der Waals surface area contributed by atoms with Crippen LogP contribution < -0.4 is 0 Å². The van der Waals surface area contributed by atoms with Crippen LogP contribution in [0, 0.1) is 0 Å². The van der Waals surface area contributed by atoms with Crippen LogP contribution in [0.4, 0.5) is 0 Å². The van der Waals surface area contributed by atoms with Gasteiger partial charge in [0.25, 0.3) is 0 Å². The minimum absolute atomic E-state index is 0.713. The summed E-state index contributed by atoms with van der Waals surface area (Å²) >= 11 is 0. The fourth-order valence-electron chi connectivity index (χ4n) is 2.75. The number of nitrogens with zero attached hydrogens (tertiary/aromatic N) is 2. The number of aromatic nitrogens is 2. The maximum Gasteiger partial charge on any atom is 0.0958 e. The van der Waals surface area contributed by atoms with E-state index in [0.717, 1.165) is 12.1 Å². The minimum atomic E-state index is 0.713. The van der Waals surface area contributed by atoms with Crippen molar-refractivity contribution in [2.75, 3.05) is 0 Å². The Hall–Kier alpha value is -1.31. The molecule has 0 radical (unpaired) electrons. The minimum Gasteiger partial charge on any atom is -0.331 e. The van der Waals surface area contributed by atoms with Gasteiger partial charge in [-0.1, -0.05) is 32.8 Å². The molecule has 0 saturated carbocycles. The van der Waals surface area contributed by atoms with E-state index in [1.807, 2.05) is 6.33 Å². The summed E-state index contributed by atoms with van der Waals surface area (Å²) < 4.78 is 2.23. The standard InChI is InChI=1S/C16H24N2/c1-4-7-13(8-5-2)14-9-10-15-16(11-14)18(6-3)12-17-15/h9-13H,4-8H2,1-3H3. The molecule has 0 saturated heterocycles. The van der Waals surface area contributed by atoms with Gasteiger partial charge in [-0.25, -0.2) is 4.98 Å². The van der Waals surface area contributed by atoms with Gasteiger partial charge in [0.05, 0.1) is 17.4 Å². The zero-order valence-electron chi connectivity index (χ0n) is 11.8. The lowest BCUT2D eigenvalue weighted by molar-refractivity contribution is 0.561. The lowest BCUT2D eigenvalue weighted by atomic mass is 9.90. The smallest absolute Gasteiger partial charge is 0.0958 e. The van der Waals surface area contributed by atoms with Crippen molar-refractivity contribution in [3.05, 3.63) is 30.1 Å². The largest absolute Gasteiger partial charge is 0.331 e. The fourth-order valence-corrected chi connectivity index (χ4v) is 2.75. The first-order valence-corrected chi connectivity index (χ1v) is 7.24. The maximum absolute atomic E-state index is 4.44. The van der Waals surface area contributed by atoms with Gasteiger partial charge in [-0.2, -0.15) is 0 Å². The van der Waals surface area contributed by atoms with Crippen LogP contribution in [0.2, 0.25) is 0 Å². The van der Waals surface area contributed by atoms with Gasteiger partial charge >= 0.3 is 0 Å². The Labute approximate surface area is 110 Å². The Balaban J connectivity index is 2.36. The van der Waals surface area contributed by atoms with E-state index in [4.69, 9.17) is 0 Å². The summed E-state index contributed by atoms with van der Waals surface area (Å²) in [6, 6.07) is 6.79. The predicted octanol–water partition coefficient (Wildman–Crippen LogP) is 4.74. The highest BCUT2D eigenvalue weighted by molar-refractivity contribution is 5.76. The lowest BCUT2D eigenvalue weighted by Crippen LogP contribution is -1.99. The van der Waals surface area contributed by atoms with Crippen LogP contribution in [0.25, 0.3) is 11.0 Å². The summed E-state index contributed by atoms with van der Waals surface area (Å²) in [5.74, 6) is 0.713. The normalized spacial score (nSPS) is 11.6. The quantitative estimate of drug-likeness (QED) is 0.717. The van der Waals surface area contributed by atoms with Crippen LogP contribution in [-0.2, 0) is 6.54 Å². The van der Waals surface area contributed by atoms with E-state index in [1.165, 1.54) is 36.8 Å². The number of benzene rings is 1. The SMILES string of the molecule is CCCC(CCC)c1ccc2ncn(CC)c2c1. The van der Waals surface area contributed by atoms with Crippen molar-refractivity contribution in [2.45, 2.75) is 58.9 Å². The van der Waals surface area contributed by atoms with Crippen molar-refractivity contribution in [1.82, 2.24) is 9.55 Å². The molecule has 0 aliphatic rings. The molecule has 2 heteroatoms. The van der Waals surface area contributed by atoms with Gasteiger partial charge in [0.15, 0.2) is 0 Å². The highest BCUT2D eigenvalue weighted by atomic mass is 15.0. The molecular formula is C16H24N2. The van der Waals surface area contributed by atoms with Crippen molar-refractivity contribution in [1.29, 1.82) is 0 Å². The average molecular weight is 244 g/mol. The number of rotatable bonds is 6.